The largest absolute Gasteiger partial charge is 0.388 e. The summed E-state index contributed by atoms with van der Waals surface area (Å²) in [6.07, 6.45) is 5.70. The van der Waals surface area contributed by atoms with Crippen LogP contribution in [0, 0.1) is 0 Å². The number of nitrogens with zero attached hydrogens (tertiary/aromatic N) is 2. The number of fused-ring (bicyclic) bond motifs is 1. The van der Waals surface area contributed by atoms with Crippen molar-refractivity contribution >= 4 is 16.6 Å². The van der Waals surface area contributed by atoms with Crippen LogP contribution in [0.4, 0.5) is 5.69 Å². The number of unbranched alkanes of at least 4 members (excludes halogenated alkanes) is 2. The van der Waals surface area contributed by atoms with Crippen LogP contribution in [0.15, 0.2) is 53.3 Å². The molecule has 5 nitrogen and oxygen atoms in total. The lowest BCUT2D eigenvalue weighted by Gasteiger charge is -2.15. The minimum Gasteiger partial charge on any atom is -0.388 e. The summed E-state index contributed by atoms with van der Waals surface area (Å²) in [6, 6.07) is 15.8. The Bertz CT molecular complexity index is 979. The maximum atomic E-state index is 13.5. The van der Waals surface area contributed by atoms with Gasteiger partial charge in [-0.1, -0.05) is 44.0 Å². The van der Waals surface area contributed by atoms with Crippen LogP contribution in [0.1, 0.15) is 50.8 Å². The molecule has 0 spiro atoms. The Morgan fingerprint density at radius 3 is 2.45 bits per heavy atom. The van der Waals surface area contributed by atoms with Gasteiger partial charge in [-0.15, -0.1) is 0 Å². The van der Waals surface area contributed by atoms with Gasteiger partial charge in [0.15, 0.2) is 0 Å². The number of methoxy groups -OCH3 is 1. The van der Waals surface area contributed by atoms with Gasteiger partial charge in [-0.25, -0.2) is 4.98 Å². The number of para-hydroxylation sites is 1. The Hall–Kier alpha value is -2.66. The van der Waals surface area contributed by atoms with Crippen molar-refractivity contribution in [2.45, 2.75) is 44.9 Å². The van der Waals surface area contributed by atoms with Crippen molar-refractivity contribution in [1.29, 1.82) is 0 Å². The van der Waals surface area contributed by atoms with Crippen LogP contribution < -0.4 is 10.9 Å². The number of hydrogen-bond acceptors (Lipinski definition) is 4. The fourth-order valence-electron chi connectivity index (χ4n) is 3.43. The van der Waals surface area contributed by atoms with Gasteiger partial charge in [-0.2, -0.15) is 0 Å². The molecule has 0 radical (unpaired) electrons. The lowest BCUT2D eigenvalue weighted by Crippen LogP contribution is -2.24. The van der Waals surface area contributed by atoms with Crippen LogP contribution in [-0.2, 0) is 4.74 Å². The Morgan fingerprint density at radius 2 is 1.79 bits per heavy atom. The van der Waals surface area contributed by atoms with Gasteiger partial charge in [0.1, 0.15) is 5.82 Å². The molecule has 1 aliphatic carbocycles. The molecule has 0 amide bonds. The minimum atomic E-state index is 0.0293. The third-order valence-corrected chi connectivity index (χ3v) is 4.98. The Balaban J connectivity index is 0.000000755. The molecular weight excluding hydrogens is 362 g/mol. The lowest BCUT2D eigenvalue weighted by molar-refractivity contribution is 0.277. The van der Waals surface area contributed by atoms with E-state index in [-0.39, 0.29) is 5.56 Å². The summed E-state index contributed by atoms with van der Waals surface area (Å²) in [4.78, 5) is 18.4. The fraction of sp³-hybridized carbons (Fsp3) is 0.417. The Labute approximate surface area is 172 Å². The molecule has 4 rings (SSSR count). The van der Waals surface area contributed by atoms with Crippen molar-refractivity contribution < 1.29 is 4.74 Å². The van der Waals surface area contributed by atoms with E-state index in [1.165, 1.54) is 12.8 Å². The second-order valence-electron chi connectivity index (χ2n) is 7.46. The average Bonchev–Trinajstić information content (AvgIpc) is 3.57. The van der Waals surface area contributed by atoms with Gasteiger partial charge in [-0.05, 0) is 43.5 Å². The van der Waals surface area contributed by atoms with Crippen LogP contribution in [0.5, 0.6) is 0 Å². The monoisotopic (exact) mass is 393 g/mol. The van der Waals surface area contributed by atoms with Crippen LogP contribution in [0.3, 0.4) is 0 Å². The van der Waals surface area contributed by atoms with E-state index in [0.29, 0.717) is 11.3 Å². The van der Waals surface area contributed by atoms with Gasteiger partial charge in [-0.3, -0.25) is 9.36 Å². The zero-order valence-electron chi connectivity index (χ0n) is 17.6. The third kappa shape index (κ3) is 5.04. The number of ether oxygens (including phenoxy) is 1. The molecule has 1 saturated carbocycles. The average molecular weight is 394 g/mol. The van der Waals surface area contributed by atoms with Crippen molar-refractivity contribution in [3.05, 3.63) is 64.7 Å². The predicted molar refractivity (Wildman–Crippen MR) is 120 cm³/mol. The van der Waals surface area contributed by atoms with Crippen molar-refractivity contribution in [2.75, 3.05) is 26.1 Å². The van der Waals surface area contributed by atoms with Crippen LogP contribution in [0.25, 0.3) is 16.6 Å². The van der Waals surface area contributed by atoms with E-state index >= 15 is 0 Å². The summed E-state index contributed by atoms with van der Waals surface area (Å²) in [5.41, 5.74) is 2.61. The molecule has 0 bridgehead atoms. The first-order chi connectivity index (χ1) is 14.2. The number of aromatic nitrogens is 2. The fourth-order valence-corrected chi connectivity index (χ4v) is 3.43. The molecule has 1 fully saturated rings. The highest BCUT2D eigenvalue weighted by molar-refractivity contribution is 5.91. The second kappa shape index (κ2) is 10.2. The topological polar surface area (TPSA) is 56.2 Å². The van der Waals surface area contributed by atoms with E-state index in [9.17, 15) is 4.79 Å². The zero-order chi connectivity index (χ0) is 20.6. The first-order valence-corrected chi connectivity index (χ1v) is 10.5. The smallest absolute Gasteiger partial charge is 0.268 e. The number of rotatable bonds is 7. The molecule has 0 saturated heterocycles. The van der Waals surface area contributed by atoms with Gasteiger partial charge in [0, 0.05) is 32.4 Å². The number of hydrogen-bond donors (Lipinski definition) is 1. The molecule has 2 aromatic carbocycles. The lowest BCUT2D eigenvalue weighted by atomic mass is 10.1. The molecule has 1 heterocycles. The third-order valence-electron chi connectivity index (χ3n) is 4.98. The van der Waals surface area contributed by atoms with E-state index in [0.717, 1.165) is 48.5 Å². The molecule has 5 heteroatoms. The molecule has 29 heavy (non-hydrogen) atoms. The highest BCUT2D eigenvalue weighted by Gasteiger charge is 2.30. The molecule has 1 aliphatic rings. The molecule has 0 atom stereocenters. The summed E-state index contributed by atoms with van der Waals surface area (Å²) in [5, 5.41) is 4.14. The van der Waals surface area contributed by atoms with Gasteiger partial charge in [0.05, 0.1) is 16.6 Å². The number of nitrogens with one attached hydrogen (secondary N) is 1. The summed E-state index contributed by atoms with van der Waals surface area (Å²) in [7, 11) is 3.25. The molecule has 3 aromatic rings. The van der Waals surface area contributed by atoms with Crippen LogP contribution >= 0.6 is 0 Å². The van der Waals surface area contributed by atoms with Gasteiger partial charge in [0.2, 0.25) is 0 Å². The van der Waals surface area contributed by atoms with E-state index in [1.54, 1.807) is 14.2 Å². The highest BCUT2D eigenvalue weighted by atomic mass is 16.4. The molecule has 154 valence electrons. The minimum absolute atomic E-state index is 0.0293. The maximum Gasteiger partial charge on any atom is 0.268 e. The second-order valence-corrected chi connectivity index (χ2v) is 7.46. The van der Waals surface area contributed by atoms with Gasteiger partial charge in [0.25, 0.3) is 5.56 Å². The number of benzene rings is 2. The van der Waals surface area contributed by atoms with Gasteiger partial charge >= 0.3 is 0 Å². The van der Waals surface area contributed by atoms with Crippen molar-refractivity contribution in [3.8, 4) is 5.69 Å². The Kier molecular flexibility index (Phi) is 7.42. The van der Waals surface area contributed by atoms with E-state index < -0.39 is 0 Å². The molecule has 0 aliphatic heterocycles. The highest BCUT2D eigenvalue weighted by Crippen LogP contribution is 2.40. The van der Waals surface area contributed by atoms with E-state index in [4.69, 9.17) is 4.98 Å². The summed E-state index contributed by atoms with van der Waals surface area (Å²) < 4.78 is 6.07. The van der Waals surface area contributed by atoms with Crippen molar-refractivity contribution in [1.82, 2.24) is 9.55 Å². The van der Waals surface area contributed by atoms with Crippen LogP contribution in [-0.4, -0.2) is 30.3 Å². The molecule has 1 N–H and O–H groups in total. The normalized spacial score (nSPS) is 13.1. The molecular formula is C24H31N3O2. The summed E-state index contributed by atoms with van der Waals surface area (Å²) in [6.45, 7) is 3.07. The SMILES string of the molecule is CCCCCNc1cccc2nc(C3CC3)n(-c3ccccc3)c(=O)c12.COC. The zero-order valence-corrected chi connectivity index (χ0v) is 17.6. The van der Waals surface area contributed by atoms with Crippen LogP contribution in [0.2, 0.25) is 0 Å². The van der Waals surface area contributed by atoms with E-state index in [1.807, 2.05) is 53.1 Å². The molecule has 1 aromatic heterocycles. The first-order valence-electron chi connectivity index (χ1n) is 10.5. The quantitative estimate of drug-likeness (QED) is 0.566. The summed E-state index contributed by atoms with van der Waals surface area (Å²) >= 11 is 0. The summed E-state index contributed by atoms with van der Waals surface area (Å²) in [5.74, 6) is 1.30. The van der Waals surface area contributed by atoms with Gasteiger partial charge < -0.3 is 10.1 Å². The van der Waals surface area contributed by atoms with E-state index in [2.05, 4.69) is 17.0 Å². The molecule has 0 unspecified atom stereocenters. The Morgan fingerprint density at radius 1 is 1.07 bits per heavy atom. The standard InChI is InChI=1S/C22H25N3O.C2H6O/c1-2-3-7-15-23-18-11-8-12-19-20(18)22(26)25(17-9-5-4-6-10-17)21(24-19)16-13-14-16;1-3-2/h4-6,8-12,16,23H,2-3,7,13-15H2,1H3;1-2H3. The van der Waals surface area contributed by atoms with Crippen molar-refractivity contribution in [2.24, 2.45) is 0 Å². The first kappa shape index (κ1) is 21.1. The van der Waals surface area contributed by atoms with Crippen molar-refractivity contribution in [3.63, 3.8) is 0 Å². The predicted octanol–water partition coefficient (Wildman–Crippen LogP) is 5.13. The maximum absolute atomic E-state index is 13.5. The number of anilines is 1.